The van der Waals surface area contributed by atoms with Crippen LogP contribution >= 0.6 is 11.6 Å². The van der Waals surface area contributed by atoms with Gasteiger partial charge >= 0.3 is 0 Å². The van der Waals surface area contributed by atoms with E-state index in [0.29, 0.717) is 0 Å². The minimum Gasteiger partial charge on any atom is -0.493 e. The number of amides is 2. The lowest BCUT2D eigenvalue weighted by atomic mass is 10.1. The highest BCUT2D eigenvalue weighted by molar-refractivity contribution is 6.32. The summed E-state index contributed by atoms with van der Waals surface area (Å²) in [5.74, 6) is -2.39. The van der Waals surface area contributed by atoms with Gasteiger partial charge in [0.05, 0.1) is 17.3 Å². The summed E-state index contributed by atoms with van der Waals surface area (Å²) in [5.41, 5.74) is -1.42. The predicted octanol–water partition coefficient (Wildman–Crippen LogP) is 6.22. The van der Waals surface area contributed by atoms with Gasteiger partial charge in [-0.25, -0.2) is 13.8 Å². The van der Waals surface area contributed by atoms with Gasteiger partial charge in [-0.2, -0.15) is 0 Å². The van der Waals surface area contributed by atoms with Crippen molar-refractivity contribution < 1.29 is 27.8 Å². The molecule has 206 valence electrons. The summed E-state index contributed by atoms with van der Waals surface area (Å²) >= 11 is 6.45. The molecule has 0 saturated heterocycles. The molecule has 40 heavy (non-hydrogen) atoms. The molecule has 2 N–H and O–H groups in total. The first kappa shape index (κ1) is 28.2. The number of anilines is 3. The molecule has 4 rings (SSSR count). The fraction of sp³-hybridized carbons (Fsp3) is 0.143. The van der Waals surface area contributed by atoms with Crippen LogP contribution in [0.15, 0.2) is 71.8 Å². The van der Waals surface area contributed by atoms with Crippen molar-refractivity contribution in [2.45, 2.75) is 20.3 Å². The highest BCUT2D eigenvalue weighted by atomic mass is 35.5. The van der Waals surface area contributed by atoms with Crippen LogP contribution in [-0.4, -0.2) is 28.4 Å². The molecule has 0 unspecified atom stereocenters. The minimum absolute atomic E-state index is 0.0153. The number of aromatic nitrogens is 2. The zero-order valence-electron chi connectivity index (χ0n) is 21.3. The molecule has 0 aliphatic carbocycles. The molecule has 2 heterocycles. The van der Waals surface area contributed by atoms with E-state index in [9.17, 15) is 18.8 Å². The number of rotatable bonds is 9. The van der Waals surface area contributed by atoms with E-state index in [1.54, 1.807) is 13.8 Å². The Balaban J connectivity index is 1.77. The highest BCUT2D eigenvalue weighted by Crippen LogP contribution is 2.39. The molecule has 4 aromatic rings. The number of H-pyrrole nitrogens is 1. The van der Waals surface area contributed by atoms with Crippen molar-refractivity contribution in [3.63, 3.8) is 0 Å². The lowest BCUT2D eigenvalue weighted by Crippen LogP contribution is -2.32. The quantitative estimate of drug-likeness (QED) is 0.248. The van der Waals surface area contributed by atoms with Gasteiger partial charge in [-0.3, -0.25) is 19.3 Å². The van der Waals surface area contributed by atoms with Crippen LogP contribution in [0.4, 0.5) is 26.0 Å². The van der Waals surface area contributed by atoms with Gasteiger partial charge in [0.1, 0.15) is 34.4 Å². The van der Waals surface area contributed by atoms with E-state index in [2.05, 4.69) is 15.3 Å². The third-order valence-corrected chi connectivity index (χ3v) is 5.81. The number of halogens is 3. The molecule has 2 amide bonds. The monoisotopic (exact) mass is 568 g/mol. The van der Waals surface area contributed by atoms with Crippen LogP contribution < -0.4 is 25.2 Å². The van der Waals surface area contributed by atoms with Gasteiger partial charge in [0.15, 0.2) is 5.82 Å². The Kier molecular flexibility index (Phi) is 8.75. The van der Waals surface area contributed by atoms with Gasteiger partial charge in [-0.15, -0.1) is 0 Å². The van der Waals surface area contributed by atoms with Gasteiger partial charge in [-0.05, 0) is 49.4 Å². The molecule has 0 saturated carbocycles. The third-order valence-electron chi connectivity index (χ3n) is 5.51. The Morgan fingerprint density at radius 3 is 2.50 bits per heavy atom. The Morgan fingerprint density at radius 1 is 1.05 bits per heavy atom. The van der Waals surface area contributed by atoms with Gasteiger partial charge in [0.25, 0.3) is 11.5 Å². The molecule has 0 aliphatic rings. The van der Waals surface area contributed by atoms with E-state index in [1.165, 1.54) is 42.7 Å². The summed E-state index contributed by atoms with van der Waals surface area (Å²) < 4.78 is 40.6. The lowest BCUT2D eigenvalue weighted by molar-refractivity contribution is -0.115. The maximum Gasteiger partial charge on any atom is 0.272 e. The number of carbonyl (C=O) groups excluding carboxylic acids is 2. The number of pyridine rings is 2. The number of benzene rings is 2. The topological polar surface area (TPSA) is 114 Å². The van der Waals surface area contributed by atoms with E-state index in [4.69, 9.17) is 21.1 Å². The van der Waals surface area contributed by atoms with Crippen molar-refractivity contribution in [3.8, 4) is 17.2 Å². The largest absolute Gasteiger partial charge is 0.493 e. The smallest absolute Gasteiger partial charge is 0.272 e. The zero-order chi connectivity index (χ0) is 28.8. The van der Waals surface area contributed by atoms with Crippen molar-refractivity contribution in [2.24, 2.45) is 0 Å². The Labute approximate surface area is 232 Å². The van der Waals surface area contributed by atoms with Crippen molar-refractivity contribution in [3.05, 3.63) is 99.6 Å². The van der Waals surface area contributed by atoms with Crippen molar-refractivity contribution in [1.29, 1.82) is 0 Å². The van der Waals surface area contributed by atoms with Gasteiger partial charge in [-0.1, -0.05) is 18.5 Å². The molecule has 0 bridgehead atoms. The molecular formula is C28H23ClF2N4O5. The fourth-order valence-corrected chi connectivity index (χ4v) is 3.87. The number of nitrogens with one attached hydrogen (secondary N) is 2. The first-order valence-corrected chi connectivity index (χ1v) is 12.5. The number of carbonyl (C=O) groups is 2. The van der Waals surface area contributed by atoms with Crippen molar-refractivity contribution in [1.82, 2.24) is 9.97 Å². The predicted molar refractivity (Wildman–Crippen MR) is 146 cm³/mol. The summed E-state index contributed by atoms with van der Waals surface area (Å²) in [5, 5.41) is 2.51. The van der Waals surface area contributed by atoms with Gasteiger partial charge in [0.2, 0.25) is 5.91 Å². The highest BCUT2D eigenvalue weighted by Gasteiger charge is 2.29. The molecule has 2 aromatic heterocycles. The third kappa shape index (κ3) is 6.26. The number of aromatic amines is 1. The van der Waals surface area contributed by atoms with Crippen molar-refractivity contribution >= 4 is 40.6 Å². The first-order chi connectivity index (χ1) is 19.2. The van der Waals surface area contributed by atoms with Gasteiger partial charge in [0, 0.05) is 36.6 Å². The molecule has 0 spiro atoms. The lowest BCUT2D eigenvalue weighted by Gasteiger charge is -2.25. The molecule has 9 nitrogen and oxygen atoms in total. The van der Waals surface area contributed by atoms with E-state index in [-0.39, 0.29) is 64.0 Å². The zero-order valence-corrected chi connectivity index (χ0v) is 22.1. The van der Waals surface area contributed by atoms with E-state index in [1.807, 2.05) is 0 Å². The summed E-state index contributed by atoms with van der Waals surface area (Å²) in [6.45, 7) is 3.52. The maximum absolute atomic E-state index is 15.7. The molecule has 12 heteroatoms. The molecule has 0 radical (unpaired) electrons. The van der Waals surface area contributed by atoms with Crippen LogP contribution in [-0.2, 0) is 4.79 Å². The van der Waals surface area contributed by atoms with E-state index >= 15 is 4.39 Å². The summed E-state index contributed by atoms with van der Waals surface area (Å²) in [6.07, 6.45) is 2.95. The number of ether oxygens (including phenoxy) is 2. The van der Waals surface area contributed by atoms with E-state index in [0.717, 1.165) is 29.2 Å². The second-order valence-electron chi connectivity index (χ2n) is 8.21. The molecule has 0 fully saturated rings. The summed E-state index contributed by atoms with van der Waals surface area (Å²) in [4.78, 5) is 45.5. The normalized spacial score (nSPS) is 10.6. The Hall–Kier alpha value is -4.77. The summed E-state index contributed by atoms with van der Waals surface area (Å²) in [7, 11) is 0. The number of hydrogen-bond donors (Lipinski definition) is 2. The average molecular weight is 569 g/mol. The van der Waals surface area contributed by atoms with Crippen LogP contribution in [0.5, 0.6) is 17.2 Å². The Bertz CT molecular complexity index is 1610. The van der Waals surface area contributed by atoms with Crippen molar-refractivity contribution in [2.75, 3.05) is 16.8 Å². The summed E-state index contributed by atoms with van der Waals surface area (Å²) in [6, 6.07) is 11.1. The van der Waals surface area contributed by atoms with Crippen LogP contribution in [0.3, 0.4) is 0 Å². The number of nitrogens with zero attached hydrogens (tertiary/aromatic N) is 2. The van der Waals surface area contributed by atoms with E-state index < -0.39 is 23.1 Å². The second-order valence-corrected chi connectivity index (χ2v) is 8.62. The maximum atomic E-state index is 15.7. The minimum atomic E-state index is -0.939. The molecule has 0 atom stereocenters. The second kappa shape index (κ2) is 12.4. The first-order valence-electron chi connectivity index (χ1n) is 12.1. The van der Waals surface area contributed by atoms with Crippen LogP contribution in [0.2, 0.25) is 5.02 Å². The molecule has 0 aliphatic heterocycles. The number of hydrogen-bond acceptors (Lipinski definition) is 6. The van der Waals surface area contributed by atoms with Gasteiger partial charge < -0.3 is 19.8 Å². The SMILES string of the molecule is CCOc1cc[nH]c(=O)c1C(=O)N(c1ccc(F)cc1)c1cc(Cl)c(Oc2ccnc(NC(=O)CC)c2)cc1F. The van der Waals surface area contributed by atoms with Crippen LogP contribution in [0.25, 0.3) is 0 Å². The molecule has 2 aromatic carbocycles. The molecular weight excluding hydrogens is 546 g/mol. The Morgan fingerprint density at radius 2 is 1.80 bits per heavy atom. The average Bonchev–Trinajstić information content (AvgIpc) is 2.93. The van der Waals surface area contributed by atoms with Crippen LogP contribution in [0, 0.1) is 11.6 Å². The fourth-order valence-electron chi connectivity index (χ4n) is 3.68. The standard InChI is InChI=1S/C28H23ClF2N4O5/c1-3-25(36)34-24-13-18(9-11-32-24)40-23-15-20(31)21(14-19(23)29)35(17-7-5-16(30)6-8-17)28(38)26-22(39-4-2)10-12-33-27(26)37/h5-15H,3-4H2,1-2H3,(H,33,37)(H,32,34,36). The van der Waals surface area contributed by atoms with Crippen LogP contribution in [0.1, 0.15) is 30.6 Å².